The van der Waals surface area contributed by atoms with E-state index in [-0.39, 0.29) is 11.9 Å². The number of hydrogen-bond donors (Lipinski definition) is 1. The molecule has 5 nitrogen and oxygen atoms in total. The van der Waals surface area contributed by atoms with Gasteiger partial charge in [-0.1, -0.05) is 30.3 Å². The van der Waals surface area contributed by atoms with Crippen LogP contribution >= 0.6 is 11.3 Å². The van der Waals surface area contributed by atoms with Crippen molar-refractivity contribution in [1.29, 1.82) is 0 Å². The number of thiophene rings is 1. The number of nitrogens with zero attached hydrogens (tertiary/aromatic N) is 3. The molecule has 1 unspecified atom stereocenters. The van der Waals surface area contributed by atoms with Gasteiger partial charge in [-0.3, -0.25) is 4.79 Å². The minimum Gasteiger partial charge on any atom is -0.349 e. The van der Waals surface area contributed by atoms with Crippen molar-refractivity contribution >= 4 is 27.5 Å². The van der Waals surface area contributed by atoms with Gasteiger partial charge in [-0.25, -0.2) is 9.97 Å². The molecule has 0 bridgehead atoms. The van der Waals surface area contributed by atoms with E-state index in [2.05, 4.69) is 22.3 Å². The van der Waals surface area contributed by atoms with Gasteiger partial charge in [0, 0.05) is 17.8 Å². The second-order valence-electron chi connectivity index (χ2n) is 7.78. The van der Waals surface area contributed by atoms with Crippen LogP contribution in [0.4, 0.5) is 0 Å². The van der Waals surface area contributed by atoms with Crippen LogP contribution in [0.2, 0.25) is 0 Å². The predicted octanol–water partition coefficient (Wildman–Crippen LogP) is 4.22. The predicted molar refractivity (Wildman–Crippen MR) is 114 cm³/mol. The van der Waals surface area contributed by atoms with Crippen LogP contribution in [0.1, 0.15) is 57.1 Å². The summed E-state index contributed by atoms with van der Waals surface area (Å²) in [6.07, 6.45) is 2.35. The molecule has 4 rings (SSSR count). The van der Waals surface area contributed by atoms with Crippen LogP contribution in [-0.4, -0.2) is 41.4 Å². The van der Waals surface area contributed by atoms with E-state index in [1.807, 2.05) is 46.1 Å². The number of hydrogen-bond acceptors (Lipinski definition) is 5. The maximum Gasteiger partial charge on any atom is 0.261 e. The van der Waals surface area contributed by atoms with Crippen molar-refractivity contribution in [3.05, 3.63) is 57.9 Å². The first-order valence-corrected chi connectivity index (χ1v) is 10.5. The Morgan fingerprint density at radius 3 is 2.57 bits per heavy atom. The van der Waals surface area contributed by atoms with E-state index < -0.39 is 0 Å². The summed E-state index contributed by atoms with van der Waals surface area (Å²) >= 11 is 1.48. The zero-order chi connectivity index (χ0) is 19.8. The number of fused-ring (bicyclic) bond motifs is 1. The number of carbonyl (C=O) groups is 1. The highest BCUT2D eigenvalue weighted by Crippen LogP contribution is 2.40. The zero-order valence-corrected chi connectivity index (χ0v) is 17.6. The summed E-state index contributed by atoms with van der Waals surface area (Å²) in [4.78, 5) is 26.2. The third kappa shape index (κ3) is 3.66. The van der Waals surface area contributed by atoms with Crippen molar-refractivity contribution in [2.24, 2.45) is 0 Å². The van der Waals surface area contributed by atoms with Gasteiger partial charge in [-0.2, -0.15) is 0 Å². The van der Waals surface area contributed by atoms with Crippen LogP contribution in [-0.2, 0) is 0 Å². The van der Waals surface area contributed by atoms with Crippen LogP contribution in [0.5, 0.6) is 0 Å². The lowest BCUT2D eigenvalue weighted by Crippen LogP contribution is -2.34. The summed E-state index contributed by atoms with van der Waals surface area (Å²) in [7, 11) is 4.07. The monoisotopic (exact) mass is 394 g/mol. The molecule has 1 N–H and O–H groups in total. The first-order chi connectivity index (χ1) is 13.5. The topological polar surface area (TPSA) is 58.1 Å². The summed E-state index contributed by atoms with van der Waals surface area (Å²) in [6.45, 7) is 4.58. The molecule has 2 aromatic heterocycles. The number of carbonyl (C=O) groups excluding carboxylic acids is 1. The highest BCUT2D eigenvalue weighted by molar-refractivity contribution is 7.20. The summed E-state index contributed by atoms with van der Waals surface area (Å²) in [5.41, 5.74) is 3.16. The minimum absolute atomic E-state index is 0.0318. The second-order valence-corrected chi connectivity index (χ2v) is 8.78. The molecule has 0 saturated heterocycles. The van der Waals surface area contributed by atoms with Gasteiger partial charge in [0.15, 0.2) is 0 Å². The molecule has 6 heteroatoms. The molecule has 1 amide bonds. The molecule has 1 aromatic carbocycles. The molecule has 3 aromatic rings. The largest absolute Gasteiger partial charge is 0.349 e. The fourth-order valence-corrected chi connectivity index (χ4v) is 4.80. The van der Waals surface area contributed by atoms with E-state index >= 15 is 0 Å². The van der Waals surface area contributed by atoms with Gasteiger partial charge in [-0.15, -0.1) is 11.3 Å². The Morgan fingerprint density at radius 1 is 1.21 bits per heavy atom. The van der Waals surface area contributed by atoms with Gasteiger partial charge in [0.05, 0.1) is 16.6 Å². The van der Waals surface area contributed by atoms with Crippen molar-refractivity contribution < 1.29 is 4.79 Å². The average Bonchev–Trinajstić information content (AvgIpc) is 3.46. The van der Waals surface area contributed by atoms with Gasteiger partial charge in [0.1, 0.15) is 10.7 Å². The van der Waals surface area contributed by atoms with Gasteiger partial charge in [0.2, 0.25) is 0 Å². The number of amides is 1. The Labute approximate surface area is 169 Å². The number of rotatable bonds is 6. The minimum atomic E-state index is -0.0318. The van der Waals surface area contributed by atoms with Crippen LogP contribution < -0.4 is 5.32 Å². The van der Waals surface area contributed by atoms with Crippen LogP contribution in [0.15, 0.2) is 30.3 Å². The molecule has 0 aliphatic heterocycles. The van der Waals surface area contributed by atoms with E-state index in [0.717, 1.165) is 32.2 Å². The van der Waals surface area contributed by atoms with Gasteiger partial charge < -0.3 is 10.2 Å². The molecule has 1 aliphatic rings. The molecule has 28 heavy (non-hydrogen) atoms. The zero-order valence-electron chi connectivity index (χ0n) is 16.8. The molecule has 1 fully saturated rings. The Hall–Kier alpha value is -2.31. The van der Waals surface area contributed by atoms with Crippen molar-refractivity contribution in [3.63, 3.8) is 0 Å². The summed E-state index contributed by atoms with van der Waals surface area (Å²) in [5.74, 6) is 1.42. The molecule has 0 spiro atoms. The molecule has 1 aliphatic carbocycles. The van der Waals surface area contributed by atoms with Gasteiger partial charge in [-0.05, 0) is 51.9 Å². The first-order valence-electron chi connectivity index (χ1n) is 9.73. The van der Waals surface area contributed by atoms with E-state index in [0.29, 0.717) is 12.5 Å². The van der Waals surface area contributed by atoms with E-state index in [1.54, 1.807) is 0 Å². The van der Waals surface area contributed by atoms with E-state index in [4.69, 9.17) is 9.97 Å². The molecule has 146 valence electrons. The normalized spacial score (nSPS) is 15.2. The molecule has 2 heterocycles. The Balaban J connectivity index is 1.57. The third-order valence-electron chi connectivity index (χ3n) is 5.40. The molecular weight excluding hydrogens is 368 g/mol. The summed E-state index contributed by atoms with van der Waals surface area (Å²) < 4.78 is 0. The van der Waals surface area contributed by atoms with E-state index in [9.17, 15) is 4.79 Å². The second kappa shape index (κ2) is 7.60. The number of likely N-dealkylation sites (N-methyl/N-ethyl adjacent to an activating group) is 1. The van der Waals surface area contributed by atoms with Crippen molar-refractivity contribution in [2.45, 2.75) is 38.6 Å². The lowest BCUT2D eigenvalue weighted by atomic mass is 10.1. The smallest absolute Gasteiger partial charge is 0.261 e. The van der Waals surface area contributed by atoms with Crippen molar-refractivity contribution in [2.75, 3.05) is 20.6 Å². The highest BCUT2D eigenvalue weighted by Gasteiger charge is 2.28. The fourth-order valence-electron chi connectivity index (χ4n) is 3.64. The SMILES string of the molecule is Cc1nc(C2CC2)nc2sc(C(=O)NCC(c3ccccc3)N(C)C)c(C)c12. The summed E-state index contributed by atoms with van der Waals surface area (Å²) in [5, 5.41) is 4.17. The van der Waals surface area contributed by atoms with Crippen LogP contribution in [0.3, 0.4) is 0 Å². The standard InChI is InChI=1S/C22H26N4OS/c1-13-18-14(2)24-20(16-10-11-16)25-22(18)28-19(13)21(27)23-12-17(26(3)4)15-8-6-5-7-9-15/h5-9,16-17H,10-12H2,1-4H3,(H,23,27). The Kier molecular flexibility index (Phi) is 5.17. The van der Waals surface area contributed by atoms with Gasteiger partial charge >= 0.3 is 0 Å². The van der Waals surface area contributed by atoms with Crippen LogP contribution in [0.25, 0.3) is 10.2 Å². The quantitative estimate of drug-likeness (QED) is 0.680. The van der Waals surface area contributed by atoms with Crippen molar-refractivity contribution in [3.8, 4) is 0 Å². The van der Waals surface area contributed by atoms with E-state index in [1.165, 1.54) is 29.7 Å². The number of benzene rings is 1. The molecular formula is C22H26N4OS. The molecule has 1 saturated carbocycles. The Morgan fingerprint density at radius 2 is 1.93 bits per heavy atom. The Bertz CT molecular complexity index is 1010. The number of aryl methyl sites for hydroxylation is 2. The third-order valence-corrected chi connectivity index (χ3v) is 6.59. The lowest BCUT2D eigenvalue weighted by molar-refractivity contribution is 0.0945. The molecule has 0 radical (unpaired) electrons. The van der Waals surface area contributed by atoms with Crippen LogP contribution in [0, 0.1) is 13.8 Å². The fraction of sp³-hybridized carbons (Fsp3) is 0.409. The number of aromatic nitrogens is 2. The number of nitrogens with one attached hydrogen (secondary N) is 1. The maximum atomic E-state index is 13.0. The molecule has 1 atom stereocenters. The lowest BCUT2D eigenvalue weighted by Gasteiger charge is -2.25. The van der Waals surface area contributed by atoms with Crippen molar-refractivity contribution in [1.82, 2.24) is 20.2 Å². The maximum absolute atomic E-state index is 13.0. The first kappa shape index (κ1) is 19.0. The average molecular weight is 395 g/mol. The summed E-state index contributed by atoms with van der Waals surface area (Å²) in [6, 6.07) is 10.4. The van der Waals surface area contributed by atoms with Gasteiger partial charge in [0.25, 0.3) is 5.91 Å². The highest BCUT2D eigenvalue weighted by atomic mass is 32.1.